The first-order valence-corrected chi connectivity index (χ1v) is 6.85. The second-order valence-electron chi connectivity index (χ2n) is 5.05. The van der Waals surface area contributed by atoms with Gasteiger partial charge in [-0.1, -0.05) is 13.3 Å². The largest absolute Gasteiger partial charge is 0.353 e. The average molecular weight is 241 g/mol. The van der Waals surface area contributed by atoms with Crippen molar-refractivity contribution in [3.63, 3.8) is 0 Å². The monoisotopic (exact) mass is 241 g/mol. The molecular formula is C13H27N3O. The molecule has 2 atom stereocenters. The van der Waals surface area contributed by atoms with E-state index in [1.165, 1.54) is 19.3 Å². The van der Waals surface area contributed by atoms with Crippen molar-refractivity contribution in [1.29, 1.82) is 0 Å². The summed E-state index contributed by atoms with van der Waals surface area (Å²) in [4.78, 5) is 14.2. The first-order valence-electron chi connectivity index (χ1n) is 6.85. The van der Waals surface area contributed by atoms with E-state index in [1.807, 2.05) is 7.05 Å². The highest BCUT2D eigenvalue weighted by atomic mass is 16.2. The number of amides is 1. The normalized spacial score (nSPS) is 23.4. The van der Waals surface area contributed by atoms with Gasteiger partial charge in [-0.05, 0) is 39.8 Å². The quantitative estimate of drug-likeness (QED) is 0.728. The van der Waals surface area contributed by atoms with Gasteiger partial charge in [0.1, 0.15) is 0 Å². The van der Waals surface area contributed by atoms with Gasteiger partial charge >= 0.3 is 0 Å². The zero-order chi connectivity index (χ0) is 12.7. The highest BCUT2D eigenvalue weighted by Gasteiger charge is 2.23. The van der Waals surface area contributed by atoms with E-state index in [-0.39, 0.29) is 11.9 Å². The van der Waals surface area contributed by atoms with Crippen LogP contribution in [-0.4, -0.2) is 49.6 Å². The van der Waals surface area contributed by atoms with E-state index in [0.717, 1.165) is 19.5 Å². The van der Waals surface area contributed by atoms with Gasteiger partial charge < -0.3 is 10.6 Å². The first-order chi connectivity index (χ1) is 8.17. The van der Waals surface area contributed by atoms with E-state index in [1.54, 1.807) is 0 Å². The Kier molecular flexibility index (Phi) is 6.52. The van der Waals surface area contributed by atoms with E-state index >= 15 is 0 Å². The highest BCUT2D eigenvalue weighted by Crippen LogP contribution is 2.15. The molecule has 17 heavy (non-hydrogen) atoms. The molecule has 2 N–H and O–H groups in total. The van der Waals surface area contributed by atoms with Crippen LogP contribution < -0.4 is 10.6 Å². The van der Waals surface area contributed by atoms with Gasteiger partial charge in [-0.2, -0.15) is 0 Å². The second kappa shape index (κ2) is 7.67. The van der Waals surface area contributed by atoms with Crippen molar-refractivity contribution in [2.75, 3.05) is 26.7 Å². The van der Waals surface area contributed by atoms with E-state index in [9.17, 15) is 4.79 Å². The molecule has 0 bridgehead atoms. The van der Waals surface area contributed by atoms with Crippen LogP contribution in [0.4, 0.5) is 0 Å². The second-order valence-corrected chi connectivity index (χ2v) is 5.05. The Hall–Kier alpha value is -0.610. The van der Waals surface area contributed by atoms with E-state index < -0.39 is 0 Å². The summed E-state index contributed by atoms with van der Waals surface area (Å²) < 4.78 is 0. The summed E-state index contributed by atoms with van der Waals surface area (Å²) in [6, 6.07) is 0.812. The van der Waals surface area contributed by atoms with Crippen LogP contribution in [0.1, 0.15) is 39.5 Å². The Balaban J connectivity index is 2.38. The molecule has 1 saturated heterocycles. The van der Waals surface area contributed by atoms with Crippen molar-refractivity contribution in [3.05, 3.63) is 0 Å². The molecule has 0 aliphatic carbocycles. The lowest BCUT2D eigenvalue weighted by Gasteiger charge is -2.35. The lowest BCUT2D eigenvalue weighted by molar-refractivity contribution is -0.123. The van der Waals surface area contributed by atoms with Crippen LogP contribution >= 0.6 is 0 Å². The predicted octanol–water partition coefficient (Wildman–Crippen LogP) is 0.975. The molecule has 4 heteroatoms. The van der Waals surface area contributed by atoms with Gasteiger partial charge in [-0.3, -0.25) is 9.69 Å². The molecule has 0 aromatic rings. The third-order valence-corrected chi connectivity index (χ3v) is 3.56. The Morgan fingerprint density at radius 3 is 2.88 bits per heavy atom. The molecule has 1 heterocycles. The van der Waals surface area contributed by atoms with Gasteiger partial charge in [0.15, 0.2) is 0 Å². The molecule has 100 valence electrons. The maximum atomic E-state index is 11.9. The third kappa shape index (κ3) is 5.04. The molecule has 1 amide bonds. The van der Waals surface area contributed by atoms with Gasteiger partial charge in [0.25, 0.3) is 0 Å². The van der Waals surface area contributed by atoms with Crippen molar-refractivity contribution in [2.24, 2.45) is 0 Å². The van der Waals surface area contributed by atoms with Crippen LogP contribution in [0, 0.1) is 0 Å². The molecule has 0 spiro atoms. The van der Waals surface area contributed by atoms with Gasteiger partial charge in [0, 0.05) is 18.6 Å². The number of rotatable bonds is 6. The number of piperidine rings is 1. The van der Waals surface area contributed by atoms with Crippen LogP contribution in [0.5, 0.6) is 0 Å². The minimum atomic E-state index is 0.169. The summed E-state index contributed by atoms with van der Waals surface area (Å²) >= 11 is 0. The Bertz CT molecular complexity index is 231. The Labute approximate surface area is 105 Å². The van der Waals surface area contributed by atoms with Crippen LogP contribution in [0.25, 0.3) is 0 Å². The van der Waals surface area contributed by atoms with Crippen molar-refractivity contribution >= 4 is 5.91 Å². The third-order valence-electron chi connectivity index (χ3n) is 3.56. The summed E-state index contributed by atoms with van der Waals surface area (Å²) in [5.74, 6) is 0.169. The molecule has 1 fully saturated rings. The fourth-order valence-corrected chi connectivity index (χ4v) is 2.34. The van der Waals surface area contributed by atoms with Crippen molar-refractivity contribution in [3.8, 4) is 0 Å². The SMILES string of the molecule is CCC(C)NC(=O)CN1CCCCC1CNC. The van der Waals surface area contributed by atoms with Gasteiger partial charge in [-0.15, -0.1) is 0 Å². The van der Waals surface area contributed by atoms with E-state index in [2.05, 4.69) is 29.4 Å². The highest BCUT2D eigenvalue weighted by molar-refractivity contribution is 5.78. The van der Waals surface area contributed by atoms with Crippen LogP contribution in [0.15, 0.2) is 0 Å². The molecule has 2 unspecified atom stereocenters. The number of carbonyl (C=O) groups is 1. The molecule has 4 nitrogen and oxygen atoms in total. The predicted molar refractivity (Wildman–Crippen MR) is 71.0 cm³/mol. The molecule has 0 aromatic carbocycles. The van der Waals surface area contributed by atoms with Gasteiger partial charge in [0.05, 0.1) is 6.54 Å². The summed E-state index contributed by atoms with van der Waals surface area (Å²) in [5, 5.41) is 6.26. The smallest absolute Gasteiger partial charge is 0.234 e. The van der Waals surface area contributed by atoms with Crippen LogP contribution in [-0.2, 0) is 4.79 Å². The number of nitrogens with zero attached hydrogens (tertiary/aromatic N) is 1. The summed E-state index contributed by atoms with van der Waals surface area (Å²) in [7, 11) is 1.98. The standard InChI is InChI=1S/C13H27N3O/c1-4-11(2)15-13(17)10-16-8-6-5-7-12(16)9-14-3/h11-12,14H,4-10H2,1-3H3,(H,15,17). The number of carbonyl (C=O) groups excluding carboxylic acids is 1. The topological polar surface area (TPSA) is 44.4 Å². The van der Waals surface area contributed by atoms with Gasteiger partial charge in [-0.25, -0.2) is 0 Å². The van der Waals surface area contributed by atoms with Crippen molar-refractivity contribution < 1.29 is 4.79 Å². The van der Waals surface area contributed by atoms with Crippen molar-refractivity contribution in [1.82, 2.24) is 15.5 Å². The Morgan fingerprint density at radius 2 is 2.24 bits per heavy atom. The number of hydrogen-bond donors (Lipinski definition) is 2. The molecule has 0 radical (unpaired) electrons. The summed E-state index contributed by atoms with van der Waals surface area (Å²) in [5.41, 5.74) is 0. The first kappa shape index (κ1) is 14.5. The zero-order valence-electron chi connectivity index (χ0n) is 11.5. The minimum Gasteiger partial charge on any atom is -0.353 e. The van der Waals surface area contributed by atoms with Crippen LogP contribution in [0.3, 0.4) is 0 Å². The zero-order valence-corrected chi connectivity index (χ0v) is 11.5. The Morgan fingerprint density at radius 1 is 1.47 bits per heavy atom. The maximum Gasteiger partial charge on any atom is 0.234 e. The number of likely N-dealkylation sites (tertiary alicyclic amines) is 1. The lowest BCUT2D eigenvalue weighted by Crippen LogP contribution is -2.50. The summed E-state index contributed by atoms with van der Waals surface area (Å²) in [6.45, 7) is 6.74. The number of nitrogens with one attached hydrogen (secondary N) is 2. The summed E-state index contributed by atoms with van der Waals surface area (Å²) in [6.07, 6.45) is 4.70. The molecule has 1 aliphatic heterocycles. The minimum absolute atomic E-state index is 0.169. The molecule has 1 rings (SSSR count). The lowest BCUT2D eigenvalue weighted by atomic mass is 10.0. The van der Waals surface area contributed by atoms with Gasteiger partial charge in [0.2, 0.25) is 5.91 Å². The van der Waals surface area contributed by atoms with E-state index in [0.29, 0.717) is 12.6 Å². The molecule has 0 saturated carbocycles. The molecular weight excluding hydrogens is 214 g/mol. The molecule has 1 aliphatic rings. The van der Waals surface area contributed by atoms with Crippen LogP contribution in [0.2, 0.25) is 0 Å². The molecule has 0 aromatic heterocycles. The fourth-order valence-electron chi connectivity index (χ4n) is 2.34. The van der Waals surface area contributed by atoms with Crippen molar-refractivity contribution in [2.45, 2.75) is 51.6 Å². The van der Waals surface area contributed by atoms with E-state index in [4.69, 9.17) is 0 Å². The fraction of sp³-hybridized carbons (Fsp3) is 0.923. The number of hydrogen-bond acceptors (Lipinski definition) is 3. The number of likely N-dealkylation sites (N-methyl/N-ethyl adjacent to an activating group) is 1. The maximum absolute atomic E-state index is 11.9. The average Bonchev–Trinajstić information content (AvgIpc) is 2.31.